The summed E-state index contributed by atoms with van der Waals surface area (Å²) in [6.45, 7) is 57.2. The zero-order valence-electron chi connectivity index (χ0n) is 51.1. The number of fused-ring (bicyclic) bond motifs is 14. The normalized spacial score (nSPS) is 14.3. The molecule has 0 spiro atoms. The molecule has 7 aromatic carbocycles. The van der Waals surface area contributed by atoms with Gasteiger partial charge in [-0.2, -0.15) is 0 Å². The minimum atomic E-state index is -0.136. The standard InChI is InChI=1S/C74H88N2/c1-67(2,3)45-29-43(30-46(35-45)68(4,5)6)41-25-27-51-55(33-41)75-57-39-49(71(13,14)15)37-53(73(19,20)21)61(57)64-60-52-28-26-42(44-31-47(69(7,8)9)36-48(32-44)70(10,11)12)34-56(52)76-58-40-50(72(16,17)18)38-54(74(22,23)24)62(58)63(66(60)76)59(51)65(64)75/h25-40H,1-24H3. The van der Waals surface area contributed by atoms with E-state index in [1.165, 1.54) is 143 Å². The number of nitrogens with zero attached hydrogens (tertiary/aromatic N) is 2. The summed E-state index contributed by atoms with van der Waals surface area (Å²) in [5.74, 6) is 0. The van der Waals surface area contributed by atoms with Crippen molar-refractivity contribution in [1.82, 2.24) is 8.80 Å². The average molecular weight is 1010 g/mol. The molecule has 4 aromatic heterocycles. The second kappa shape index (κ2) is 15.9. The summed E-state index contributed by atoms with van der Waals surface area (Å²) in [5.41, 5.74) is 23.7. The molecule has 0 unspecified atom stereocenters. The van der Waals surface area contributed by atoms with Crippen molar-refractivity contribution in [3.63, 3.8) is 0 Å². The van der Waals surface area contributed by atoms with Crippen molar-refractivity contribution in [1.29, 1.82) is 0 Å². The van der Waals surface area contributed by atoms with E-state index in [9.17, 15) is 0 Å². The predicted octanol–water partition coefficient (Wildman–Crippen LogP) is 21.7. The third-order valence-corrected chi connectivity index (χ3v) is 17.5. The summed E-state index contributed by atoms with van der Waals surface area (Å²) in [6.07, 6.45) is 0. The first-order valence-corrected chi connectivity index (χ1v) is 28.6. The molecule has 0 aliphatic carbocycles. The second-order valence-corrected chi connectivity index (χ2v) is 31.8. The summed E-state index contributed by atoms with van der Waals surface area (Å²) in [4.78, 5) is 0. The Kier molecular flexibility index (Phi) is 10.9. The van der Waals surface area contributed by atoms with E-state index >= 15 is 0 Å². The van der Waals surface area contributed by atoms with Gasteiger partial charge in [0.15, 0.2) is 0 Å². The lowest BCUT2D eigenvalue weighted by atomic mass is 9.77. The monoisotopic (exact) mass is 1000 g/mol. The molecule has 0 bridgehead atoms. The minimum Gasteiger partial charge on any atom is -0.308 e. The Morgan fingerprint density at radius 2 is 0.500 bits per heavy atom. The molecule has 0 radical (unpaired) electrons. The van der Waals surface area contributed by atoms with Gasteiger partial charge in [0.05, 0.1) is 33.1 Å². The highest BCUT2D eigenvalue weighted by Gasteiger charge is 2.36. The maximum Gasteiger partial charge on any atom is 0.0634 e. The highest BCUT2D eigenvalue weighted by atomic mass is 14.9. The van der Waals surface area contributed by atoms with Gasteiger partial charge >= 0.3 is 0 Å². The summed E-state index contributed by atoms with van der Waals surface area (Å²) in [6, 6.07) is 40.1. The Hall–Kier alpha value is -5.86. The molecule has 0 saturated carbocycles. The molecule has 0 amide bonds. The molecule has 76 heavy (non-hydrogen) atoms. The molecule has 0 aliphatic heterocycles. The van der Waals surface area contributed by atoms with Gasteiger partial charge in [0.25, 0.3) is 0 Å². The second-order valence-electron chi connectivity index (χ2n) is 31.8. The molecule has 2 nitrogen and oxygen atoms in total. The maximum absolute atomic E-state index is 2.74. The summed E-state index contributed by atoms with van der Waals surface area (Å²) >= 11 is 0. The van der Waals surface area contributed by atoms with Crippen LogP contribution in [0.4, 0.5) is 0 Å². The van der Waals surface area contributed by atoms with E-state index in [0.717, 1.165) is 0 Å². The van der Waals surface area contributed by atoms with E-state index in [0.29, 0.717) is 0 Å². The SMILES string of the molecule is CC(C)(C)c1cc(-c2ccc3c4c5c6c(C(C)(C)C)cc(C(C)(C)C)cc6n6c7cc(-c8cc(C(C)(C)C)cc(C(C)(C)C)c8)ccc7c(c7c8c(C(C)(C)C)cc(C(C)(C)C)cc8n(c3c2)c47)c56)cc(C(C)(C)C)c1. The van der Waals surface area contributed by atoms with E-state index in [1.54, 1.807) is 0 Å². The molecule has 0 atom stereocenters. The molecule has 11 aromatic rings. The van der Waals surface area contributed by atoms with Crippen molar-refractivity contribution in [3.8, 4) is 22.3 Å². The van der Waals surface area contributed by atoms with Gasteiger partial charge < -0.3 is 8.80 Å². The number of aromatic nitrogens is 2. The van der Waals surface area contributed by atoms with Crippen molar-refractivity contribution in [3.05, 3.63) is 142 Å². The molecule has 2 heteroatoms. The van der Waals surface area contributed by atoms with Crippen molar-refractivity contribution in [2.24, 2.45) is 0 Å². The fourth-order valence-corrected chi connectivity index (χ4v) is 12.6. The molecule has 0 fully saturated rings. The van der Waals surface area contributed by atoms with E-state index in [1.807, 2.05) is 0 Å². The van der Waals surface area contributed by atoms with Crippen LogP contribution in [0.2, 0.25) is 0 Å². The zero-order valence-corrected chi connectivity index (χ0v) is 51.1. The van der Waals surface area contributed by atoms with Crippen LogP contribution in [0.15, 0.2) is 97.1 Å². The maximum atomic E-state index is 2.74. The van der Waals surface area contributed by atoms with Crippen LogP contribution in [0.25, 0.3) is 98.4 Å². The molecule has 11 rings (SSSR count). The Morgan fingerprint density at radius 1 is 0.224 bits per heavy atom. The first-order chi connectivity index (χ1) is 34.7. The largest absolute Gasteiger partial charge is 0.308 e. The Labute approximate surface area is 456 Å². The lowest BCUT2D eigenvalue weighted by Crippen LogP contribution is -2.16. The Balaban J connectivity index is 1.42. The van der Waals surface area contributed by atoms with Crippen molar-refractivity contribution in [2.75, 3.05) is 0 Å². The highest BCUT2D eigenvalue weighted by Crippen LogP contribution is 2.56. The number of benzene rings is 7. The van der Waals surface area contributed by atoms with Crippen LogP contribution in [0.1, 0.15) is 211 Å². The van der Waals surface area contributed by atoms with E-state index in [2.05, 4.69) is 272 Å². The van der Waals surface area contributed by atoms with Gasteiger partial charge in [0.2, 0.25) is 0 Å². The number of hydrogen-bond donors (Lipinski definition) is 0. The third kappa shape index (κ3) is 7.98. The lowest BCUT2D eigenvalue weighted by molar-refractivity contribution is 0.568. The topological polar surface area (TPSA) is 8.82 Å². The van der Waals surface area contributed by atoms with Gasteiger partial charge in [-0.25, -0.2) is 0 Å². The smallest absolute Gasteiger partial charge is 0.0634 e. The van der Waals surface area contributed by atoms with E-state index in [-0.39, 0.29) is 43.3 Å². The van der Waals surface area contributed by atoms with Crippen LogP contribution in [0.5, 0.6) is 0 Å². The van der Waals surface area contributed by atoms with Crippen molar-refractivity contribution in [2.45, 2.75) is 209 Å². The number of rotatable bonds is 2. The van der Waals surface area contributed by atoms with Gasteiger partial charge in [0, 0.05) is 43.1 Å². The van der Waals surface area contributed by atoms with E-state index in [4.69, 9.17) is 0 Å². The van der Waals surface area contributed by atoms with Crippen LogP contribution >= 0.6 is 0 Å². The van der Waals surface area contributed by atoms with Crippen LogP contribution in [0.3, 0.4) is 0 Å². The van der Waals surface area contributed by atoms with Crippen LogP contribution in [-0.2, 0) is 43.3 Å². The van der Waals surface area contributed by atoms with Crippen LogP contribution < -0.4 is 0 Å². The summed E-state index contributed by atoms with van der Waals surface area (Å²) in [5, 5.41) is 11.0. The van der Waals surface area contributed by atoms with Gasteiger partial charge in [0.1, 0.15) is 0 Å². The van der Waals surface area contributed by atoms with Crippen molar-refractivity contribution >= 4 is 76.2 Å². The fraction of sp³-hybridized carbons (Fsp3) is 0.432. The first kappa shape index (κ1) is 52.2. The molecular weight excluding hydrogens is 917 g/mol. The molecule has 394 valence electrons. The molecule has 4 heterocycles. The van der Waals surface area contributed by atoms with E-state index < -0.39 is 0 Å². The first-order valence-electron chi connectivity index (χ1n) is 28.6. The molecule has 0 saturated heterocycles. The average Bonchev–Trinajstić information content (AvgIpc) is 3.99. The van der Waals surface area contributed by atoms with Gasteiger partial charge in [-0.15, -0.1) is 0 Å². The Morgan fingerprint density at radius 3 is 0.763 bits per heavy atom. The van der Waals surface area contributed by atoms with Crippen LogP contribution in [0, 0.1) is 0 Å². The van der Waals surface area contributed by atoms with Gasteiger partial charge in [-0.05, 0) is 134 Å². The summed E-state index contributed by atoms with van der Waals surface area (Å²) < 4.78 is 5.47. The van der Waals surface area contributed by atoms with Gasteiger partial charge in [-0.3, -0.25) is 0 Å². The molecule has 0 aliphatic rings. The third-order valence-electron chi connectivity index (χ3n) is 17.5. The predicted molar refractivity (Wildman–Crippen MR) is 336 cm³/mol. The Bertz CT molecular complexity index is 3850. The number of hydrogen-bond acceptors (Lipinski definition) is 0. The zero-order chi connectivity index (χ0) is 55.5. The summed E-state index contributed by atoms with van der Waals surface area (Å²) in [7, 11) is 0. The quantitative estimate of drug-likeness (QED) is 0.163. The van der Waals surface area contributed by atoms with Crippen LogP contribution in [-0.4, -0.2) is 8.80 Å². The lowest BCUT2D eigenvalue weighted by Gasteiger charge is -2.27. The fourth-order valence-electron chi connectivity index (χ4n) is 12.6. The van der Waals surface area contributed by atoms with Crippen molar-refractivity contribution < 1.29 is 0 Å². The minimum absolute atomic E-state index is 0.00294. The molecule has 0 N–H and O–H groups in total. The van der Waals surface area contributed by atoms with Gasteiger partial charge in [-0.1, -0.05) is 239 Å². The molecular formula is C74H88N2. The highest BCUT2D eigenvalue weighted by molar-refractivity contribution is 6.45.